The highest BCUT2D eigenvalue weighted by Crippen LogP contribution is 2.18. The van der Waals surface area contributed by atoms with E-state index < -0.39 is 0 Å². The van der Waals surface area contributed by atoms with Gasteiger partial charge in [-0.1, -0.05) is 6.92 Å². The van der Waals surface area contributed by atoms with Gasteiger partial charge in [0.15, 0.2) is 0 Å². The predicted octanol–water partition coefficient (Wildman–Crippen LogP) is 0.0842. The summed E-state index contributed by atoms with van der Waals surface area (Å²) in [6.45, 7) is 3.85. The van der Waals surface area contributed by atoms with Crippen LogP contribution in [0.5, 0.6) is 0 Å². The van der Waals surface area contributed by atoms with E-state index in [0.717, 1.165) is 18.9 Å². The SMILES string of the molecule is CC1CCNC(C(O)CCN)C1. The predicted molar refractivity (Wildman–Crippen MR) is 49.9 cm³/mol. The number of hydrogen-bond acceptors (Lipinski definition) is 3. The maximum Gasteiger partial charge on any atom is 0.0705 e. The van der Waals surface area contributed by atoms with Gasteiger partial charge >= 0.3 is 0 Å². The molecule has 0 aromatic rings. The molecule has 1 aliphatic rings. The lowest BCUT2D eigenvalue weighted by Gasteiger charge is -2.31. The zero-order chi connectivity index (χ0) is 8.97. The average molecular weight is 172 g/mol. The molecular weight excluding hydrogens is 152 g/mol. The molecule has 0 saturated carbocycles. The Bertz CT molecular complexity index is 130. The molecule has 0 amide bonds. The van der Waals surface area contributed by atoms with Gasteiger partial charge in [-0.3, -0.25) is 0 Å². The molecule has 3 unspecified atom stereocenters. The smallest absolute Gasteiger partial charge is 0.0705 e. The van der Waals surface area contributed by atoms with Gasteiger partial charge in [0.1, 0.15) is 0 Å². The van der Waals surface area contributed by atoms with Crippen LogP contribution in [0.3, 0.4) is 0 Å². The third kappa shape index (κ3) is 2.73. The van der Waals surface area contributed by atoms with Crippen molar-refractivity contribution in [1.29, 1.82) is 0 Å². The molecule has 0 aromatic heterocycles. The zero-order valence-corrected chi connectivity index (χ0v) is 7.79. The van der Waals surface area contributed by atoms with Crippen LogP contribution in [-0.2, 0) is 0 Å². The first-order valence-corrected chi connectivity index (χ1v) is 4.85. The van der Waals surface area contributed by atoms with E-state index in [1.807, 2.05) is 0 Å². The van der Waals surface area contributed by atoms with Gasteiger partial charge in [-0.05, 0) is 38.3 Å². The first-order valence-electron chi connectivity index (χ1n) is 4.85. The minimum Gasteiger partial charge on any atom is -0.391 e. The lowest BCUT2D eigenvalue weighted by Crippen LogP contribution is -2.45. The van der Waals surface area contributed by atoms with Gasteiger partial charge in [-0.25, -0.2) is 0 Å². The van der Waals surface area contributed by atoms with Gasteiger partial charge in [-0.15, -0.1) is 0 Å². The summed E-state index contributed by atoms with van der Waals surface area (Å²) in [4.78, 5) is 0. The van der Waals surface area contributed by atoms with Crippen molar-refractivity contribution in [2.75, 3.05) is 13.1 Å². The second-order valence-electron chi connectivity index (χ2n) is 3.83. The Balaban J connectivity index is 2.29. The van der Waals surface area contributed by atoms with E-state index in [4.69, 9.17) is 5.73 Å². The second kappa shape index (κ2) is 4.80. The molecule has 0 aromatic carbocycles. The quantitative estimate of drug-likeness (QED) is 0.565. The Morgan fingerprint density at radius 1 is 1.67 bits per heavy atom. The van der Waals surface area contributed by atoms with Crippen LogP contribution in [-0.4, -0.2) is 30.3 Å². The van der Waals surface area contributed by atoms with E-state index in [1.54, 1.807) is 0 Å². The summed E-state index contributed by atoms with van der Waals surface area (Å²) in [5.74, 6) is 0.740. The highest BCUT2D eigenvalue weighted by Gasteiger charge is 2.23. The number of hydrogen-bond donors (Lipinski definition) is 3. The largest absolute Gasteiger partial charge is 0.391 e. The molecule has 3 nitrogen and oxygen atoms in total. The van der Waals surface area contributed by atoms with Crippen molar-refractivity contribution in [3.05, 3.63) is 0 Å². The van der Waals surface area contributed by atoms with Gasteiger partial charge in [0.2, 0.25) is 0 Å². The number of rotatable bonds is 3. The molecule has 3 heteroatoms. The van der Waals surface area contributed by atoms with Crippen LogP contribution in [0.1, 0.15) is 26.2 Å². The molecule has 1 aliphatic heterocycles. The van der Waals surface area contributed by atoms with Crippen molar-refractivity contribution in [2.24, 2.45) is 11.7 Å². The van der Waals surface area contributed by atoms with Crippen LogP contribution in [0, 0.1) is 5.92 Å². The summed E-state index contributed by atoms with van der Waals surface area (Å²) in [6.07, 6.45) is 2.77. The van der Waals surface area contributed by atoms with E-state index >= 15 is 0 Å². The van der Waals surface area contributed by atoms with E-state index in [2.05, 4.69) is 12.2 Å². The van der Waals surface area contributed by atoms with Gasteiger partial charge in [-0.2, -0.15) is 0 Å². The van der Waals surface area contributed by atoms with Crippen LogP contribution >= 0.6 is 0 Å². The Labute approximate surface area is 74.3 Å². The van der Waals surface area contributed by atoms with Crippen LogP contribution in [0.25, 0.3) is 0 Å². The fourth-order valence-electron chi connectivity index (χ4n) is 1.81. The van der Waals surface area contributed by atoms with Crippen molar-refractivity contribution in [3.8, 4) is 0 Å². The molecule has 0 aliphatic carbocycles. The number of aliphatic hydroxyl groups excluding tert-OH is 1. The number of nitrogens with two attached hydrogens (primary N) is 1. The molecule has 1 heterocycles. The Kier molecular flexibility index (Phi) is 3.98. The summed E-state index contributed by atoms with van der Waals surface area (Å²) in [6, 6.07) is 0.275. The highest BCUT2D eigenvalue weighted by atomic mass is 16.3. The molecule has 72 valence electrons. The molecule has 1 saturated heterocycles. The van der Waals surface area contributed by atoms with Gasteiger partial charge in [0.25, 0.3) is 0 Å². The third-order valence-electron chi connectivity index (χ3n) is 2.63. The monoisotopic (exact) mass is 172 g/mol. The van der Waals surface area contributed by atoms with Gasteiger partial charge < -0.3 is 16.2 Å². The lowest BCUT2D eigenvalue weighted by atomic mass is 9.90. The molecule has 12 heavy (non-hydrogen) atoms. The minimum atomic E-state index is -0.252. The summed E-state index contributed by atoms with van der Waals surface area (Å²) in [5, 5.41) is 13.0. The van der Waals surface area contributed by atoms with E-state index in [0.29, 0.717) is 13.0 Å². The van der Waals surface area contributed by atoms with Crippen LogP contribution in [0.2, 0.25) is 0 Å². The third-order valence-corrected chi connectivity index (χ3v) is 2.63. The molecule has 0 spiro atoms. The normalized spacial score (nSPS) is 33.2. The fourth-order valence-corrected chi connectivity index (χ4v) is 1.81. The molecule has 0 radical (unpaired) electrons. The highest BCUT2D eigenvalue weighted by molar-refractivity contribution is 4.82. The minimum absolute atomic E-state index is 0.252. The fraction of sp³-hybridized carbons (Fsp3) is 1.00. The number of piperidine rings is 1. The van der Waals surface area contributed by atoms with Crippen LogP contribution < -0.4 is 11.1 Å². The van der Waals surface area contributed by atoms with E-state index in [-0.39, 0.29) is 12.1 Å². The van der Waals surface area contributed by atoms with Gasteiger partial charge in [0.05, 0.1) is 6.10 Å². The van der Waals surface area contributed by atoms with Crippen molar-refractivity contribution in [3.63, 3.8) is 0 Å². The van der Waals surface area contributed by atoms with Crippen molar-refractivity contribution in [1.82, 2.24) is 5.32 Å². The van der Waals surface area contributed by atoms with Crippen LogP contribution in [0.15, 0.2) is 0 Å². The molecule has 4 N–H and O–H groups in total. The summed E-state index contributed by atoms with van der Waals surface area (Å²) in [5.41, 5.74) is 5.38. The molecule has 0 bridgehead atoms. The topological polar surface area (TPSA) is 58.3 Å². The standard InChI is InChI=1S/C9H20N2O/c1-7-3-5-11-8(6-7)9(12)2-4-10/h7-9,11-12H,2-6,10H2,1H3. The zero-order valence-electron chi connectivity index (χ0n) is 7.79. The summed E-state index contributed by atoms with van der Waals surface area (Å²) in [7, 11) is 0. The average Bonchev–Trinajstić information content (AvgIpc) is 2.05. The summed E-state index contributed by atoms with van der Waals surface area (Å²) >= 11 is 0. The molecular formula is C9H20N2O. The first kappa shape index (κ1) is 9.96. The van der Waals surface area contributed by atoms with E-state index in [1.165, 1.54) is 6.42 Å². The van der Waals surface area contributed by atoms with Crippen molar-refractivity contribution >= 4 is 0 Å². The number of nitrogens with one attached hydrogen (secondary N) is 1. The van der Waals surface area contributed by atoms with E-state index in [9.17, 15) is 5.11 Å². The maximum absolute atomic E-state index is 9.65. The van der Waals surface area contributed by atoms with Crippen LogP contribution in [0.4, 0.5) is 0 Å². The number of aliphatic hydroxyl groups is 1. The van der Waals surface area contributed by atoms with Gasteiger partial charge in [0, 0.05) is 6.04 Å². The van der Waals surface area contributed by atoms with Crippen molar-refractivity contribution in [2.45, 2.75) is 38.3 Å². The summed E-state index contributed by atoms with van der Waals surface area (Å²) < 4.78 is 0. The lowest BCUT2D eigenvalue weighted by molar-refractivity contribution is 0.0955. The van der Waals surface area contributed by atoms with Crippen molar-refractivity contribution < 1.29 is 5.11 Å². The first-order chi connectivity index (χ1) is 5.74. The molecule has 1 rings (SSSR count). The molecule has 1 fully saturated rings. The Morgan fingerprint density at radius 3 is 3.00 bits per heavy atom. The maximum atomic E-state index is 9.65. The Morgan fingerprint density at radius 2 is 2.42 bits per heavy atom. The second-order valence-corrected chi connectivity index (χ2v) is 3.83. The molecule has 3 atom stereocenters. The Hall–Kier alpha value is -0.120.